The van der Waals surface area contributed by atoms with E-state index in [1.807, 2.05) is 84.9 Å². The van der Waals surface area contributed by atoms with Crippen LogP contribution in [0.25, 0.3) is 85.0 Å². The second-order valence-corrected chi connectivity index (χ2v) is 9.97. The molecule has 2 aliphatic heterocycles. The van der Waals surface area contributed by atoms with E-state index in [0.29, 0.717) is 71.8 Å². The first kappa shape index (κ1) is 37.6. The van der Waals surface area contributed by atoms with Crippen molar-refractivity contribution in [2.45, 2.75) is 0 Å². The fourth-order valence-corrected chi connectivity index (χ4v) is 5.16. The summed E-state index contributed by atoms with van der Waals surface area (Å²) in [7, 11) is 0. The summed E-state index contributed by atoms with van der Waals surface area (Å²) in [6.07, 6.45) is 3.68. The first-order valence-corrected chi connectivity index (χ1v) is 14.9. The van der Waals surface area contributed by atoms with Crippen LogP contribution in [0.1, 0.15) is 5.56 Å². The number of nitrogens with one attached hydrogen (secondary N) is 2. The predicted molar refractivity (Wildman–Crippen MR) is 186 cm³/mol. The topological polar surface area (TPSA) is 258 Å². The number of aromatic amines is 2. The zero-order valence-corrected chi connectivity index (χ0v) is 27.1. The molecule has 6 aromatic rings. The van der Waals surface area contributed by atoms with Crippen LogP contribution in [-0.2, 0) is 34.5 Å². The second kappa shape index (κ2) is 18.5. The Morgan fingerprint density at radius 2 is 0.904 bits per heavy atom. The minimum absolute atomic E-state index is 0.493. The molecule has 0 unspecified atom stereocenters. The van der Waals surface area contributed by atoms with Gasteiger partial charge >= 0.3 is 206 Å². The summed E-state index contributed by atoms with van der Waals surface area (Å²) in [5, 5.41) is 28.9. The Morgan fingerprint density at radius 3 is 1.31 bits per heavy atom. The summed E-state index contributed by atoms with van der Waals surface area (Å²) in [5.41, 5.74) is 6.70. The Balaban J connectivity index is 0.000000449. The maximum atomic E-state index is 8.24. The third-order valence-corrected chi connectivity index (χ3v) is 7.06. The molecule has 0 saturated heterocycles. The third kappa shape index (κ3) is 8.48. The normalized spacial score (nSPS) is 10.2. The molecule has 0 atom stereocenters. The third-order valence-electron chi connectivity index (χ3n) is 6.86. The van der Waals surface area contributed by atoms with Crippen LogP contribution in [0, 0.1) is 6.07 Å². The molecule has 52 heavy (non-hydrogen) atoms. The molecule has 8 rings (SSSR count). The van der Waals surface area contributed by atoms with Crippen LogP contribution in [0.15, 0.2) is 78.9 Å². The molecule has 17 heteroatoms. The minimum atomic E-state index is 0.493. The Hall–Kier alpha value is -7.24. The Kier molecular flexibility index (Phi) is 13.4. The fourth-order valence-electron chi connectivity index (χ4n) is 5.06. The molecule has 16 nitrogen and oxygen atoms in total. The average molecular weight is 741 g/mol. The van der Waals surface area contributed by atoms with Gasteiger partial charge in [-0.15, -0.1) is 0 Å². The van der Waals surface area contributed by atoms with Crippen molar-refractivity contribution >= 4 is 70.3 Å². The molecule has 0 radical (unpaired) electrons. The number of allylic oxidation sites excluding steroid dienone is 1. The van der Waals surface area contributed by atoms with E-state index in [9.17, 15) is 0 Å². The number of aromatic nitrogens is 8. The molecule has 3 aromatic heterocycles. The molecule has 2 aliphatic rings. The van der Waals surface area contributed by atoms with E-state index < -0.39 is 0 Å². The molecule has 5 heterocycles. The molecule has 8 bridgehead atoms. The van der Waals surface area contributed by atoms with Gasteiger partial charge in [0.15, 0.2) is 0 Å². The van der Waals surface area contributed by atoms with Crippen LogP contribution < -0.4 is 0 Å². The zero-order valence-electron chi connectivity index (χ0n) is 26.1. The number of rotatable bonds is 2. The molecule has 0 amide bonds. The van der Waals surface area contributed by atoms with Gasteiger partial charge in [-0.2, -0.15) is 0 Å². The van der Waals surface area contributed by atoms with Gasteiger partial charge in [0.05, 0.1) is 0 Å². The summed E-state index contributed by atoms with van der Waals surface area (Å²) in [5.74, 6) is 2.23. The SMILES string of the molecule is O=[C-]O.O=[C-]O.O=[C-]O.O=[C-]O.[Co]=[CH]/C=C\c1[c-]c2nc3nc(nc4[nH]c(nc5nc(nc1[nH]2)-c1ccccc1-5)c1ccccc41)-c1ccccc1-3. The van der Waals surface area contributed by atoms with Crippen LogP contribution in [-0.4, -0.2) is 91.1 Å². The van der Waals surface area contributed by atoms with Gasteiger partial charge in [-0.25, -0.2) is 0 Å². The van der Waals surface area contributed by atoms with Gasteiger partial charge in [0.1, 0.15) is 0 Å². The molecule has 0 fully saturated rings. The molecule has 0 spiro atoms. The summed E-state index contributed by atoms with van der Waals surface area (Å²) < 4.78 is 0. The van der Waals surface area contributed by atoms with Crippen molar-refractivity contribution in [2.24, 2.45) is 0 Å². The van der Waals surface area contributed by atoms with Crippen LogP contribution in [0.4, 0.5) is 0 Å². The number of benzene rings is 3. The van der Waals surface area contributed by atoms with Gasteiger partial charge in [0.25, 0.3) is 0 Å². The zero-order chi connectivity index (χ0) is 37.5. The quantitative estimate of drug-likeness (QED) is 0.135. The van der Waals surface area contributed by atoms with E-state index in [2.05, 4.69) is 31.3 Å². The first-order chi connectivity index (χ1) is 25.4. The van der Waals surface area contributed by atoms with Crippen LogP contribution in [0.2, 0.25) is 0 Å². The van der Waals surface area contributed by atoms with Gasteiger partial charge < -0.3 is 39.6 Å². The van der Waals surface area contributed by atoms with E-state index in [0.717, 1.165) is 38.6 Å². The van der Waals surface area contributed by atoms with Gasteiger partial charge in [0, 0.05) is 5.39 Å². The van der Waals surface area contributed by atoms with Gasteiger partial charge in [-0.3, -0.25) is 0 Å². The van der Waals surface area contributed by atoms with E-state index in [4.69, 9.17) is 69.5 Å². The van der Waals surface area contributed by atoms with E-state index in [1.54, 1.807) is 4.96 Å². The van der Waals surface area contributed by atoms with Crippen molar-refractivity contribution in [2.75, 3.05) is 0 Å². The maximum absolute atomic E-state index is 8.24. The predicted octanol–water partition coefficient (Wildman–Crippen LogP) is 4.32. The van der Waals surface area contributed by atoms with Crippen LogP contribution in [0.3, 0.4) is 0 Å². The standard InChI is InChI=1S/C31H17N8.4CHO2.Co/c1-2-9-17-16-24-32-25(17)34-27-20-12-5-6-13-21(20)29(36-27)38-31-23-15-8-7-14-22(23)30(39-31)37-28-19-11-4-3-10-18(19)26(33-24)35-28;4*2-1-3;/h1-15H,(H2,32,33,34,35,36,37,38,39);4*(H,2,3);/q5*-1;/b9-2-;;;;;. The molecular weight excluding hydrogens is 719 g/mol. The van der Waals surface area contributed by atoms with Gasteiger partial charge in [-0.1, -0.05) is 50.2 Å². The Bertz CT molecular complexity index is 2420. The van der Waals surface area contributed by atoms with Crippen LogP contribution in [0.5, 0.6) is 0 Å². The van der Waals surface area contributed by atoms with Crippen molar-refractivity contribution in [3.63, 3.8) is 0 Å². The van der Waals surface area contributed by atoms with Crippen molar-refractivity contribution in [1.29, 1.82) is 0 Å². The average Bonchev–Trinajstić information content (AvgIpc) is 3.89. The molecule has 263 valence electrons. The number of hydrogen-bond donors (Lipinski definition) is 6. The van der Waals surface area contributed by atoms with Crippen molar-refractivity contribution in [3.05, 3.63) is 90.5 Å². The Morgan fingerprint density at radius 1 is 0.538 bits per heavy atom. The van der Waals surface area contributed by atoms with Gasteiger partial charge in [0.2, 0.25) is 0 Å². The number of nitrogens with zero attached hydrogens (tertiary/aromatic N) is 6. The fraction of sp³-hybridized carbons (Fsp3) is 0. The molecule has 3 aromatic carbocycles. The van der Waals surface area contributed by atoms with E-state index in [-0.39, 0.29) is 0 Å². The van der Waals surface area contributed by atoms with Crippen molar-refractivity contribution in [1.82, 2.24) is 39.9 Å². The summed E-state index contributed by atoms with van der Waals surface area (Å²) >= 11 is 4.25. The van der Waals surface area contributed by atoms with E-state index in [1.165, 1.54) is 0 Å². The second-order valence-electron chi connectivity index (χ2n) is 9.62. The molecule has 0 aliphatic carbocycles. The summed E-state index contributed by atoms with van der Waals surface area (Å²) in [4.78, 5) is 70.7. The molecular formula is C35H21CoN8O8-5. The van der Waals surface area contributed by atoms with Crippen molar-refractivity contribution < 1.29 is 54.9 Å². The number of fused-ring (bicyclic) bond motifs is 17. The summed E-state index contributed by atoms with van der Waals surface area (Å²) in [6, 6.07) is 27.2. The van der Waals surface area contributed by atoms with Gasteiger partial charge in [-0.05, 0) is 0 Å². The Labute approximate surface area is 300 Å². The first-order valence-electron chi connectivity index (χ1n) is 14.3. The summed E-state index contributed by atoms with van der Waals surface area (Å²) in [6.45, 7) is 2.00. The monoisotopic (exact) mass is 740 g/mol. The van der Waals surface area contributed by atoms with Crippen molar-refractivity contribution in [3.8, 4) is 45.6 Å². The number of aliphatic hydroxyl groups excluding tert-OH is 4. The van der Waals surface area contributed by atoms with Crippen LogP contribution >= 0.6 is 0 Å². The number of H-pyrrole nitrogens is 2. The molecule has 6 N–H and O–H groups in total. The molecule has 0 saturated carbocycles. The number of hydrogen-bond acceptors (Lipinski definition) is 10. The van der Waals surface area contributed by atoms with E-state index >= 15 is 0 Å².